The van der Waals surface area contributed by atoms with E-state index in [1.807, 2.05) is 24.4 Å². The minimum atomic E-state index is -0.273. The topological polar surface area (TPSA) is 100 Å². The van der Waals surface area contributed by atoms with Gasteiger partial charge in [0, 0.05) is 24.5 Å². The van der Waals surface area contributed by atoms with Gasteiger partial charge < -0.3 is 24.1 Å². The summed E-state index contributed by atoms with van der Waals surface area (Å²) in [6, 6.07) is 5.89. The van der Waals surface area contributed by atoms with Gasteiger partial charge in [0.15, 0.2) is 11.5 Å². The highest BCUT2D eigenvalue weighted by Gasteiger charge is 2.24. The van der Waals surface area contributed by atoms with E-state index in [1.54, 1.807) is 0 Å². The van der Waals surface area contributed by atoms with Crippen molar-refractivity contribution in [2.45, 2.75) is 19.3 Å². The van der Waals surface area contributed by atoms with Gasteiger partial charge in [0.2, 0.25) is 0 Å². The second-order valence-corrected chi connectivity index (χ2v) is 6.76. The van der Waals surface area contributed by atoms with Gasteiger partial charge in [-0.15, -0.1) is 0 Å². The second-order valence-electron chi connectivity index (χ2n) is 6.76. The van der Waals surface area contributed by atoms with Gasteiger partial charge in [-0.1, -0.05) is 0 Å². The summed E-state index contributed by atoms with van der Waals surface area (Å²) in [6.45, 7) is 2.44. The third-order valence-electron chi connectivity index (χ3n) is 4.90. The molecule has 0 bridgehead atoms. The van der Waals surface area contributed by atoms with Crippen LogP contribution in [0.15, 0.2) is 43.0 Å². The molecule has 0 saturated heterocycles. The average molecular weight is 393 g/mol. The first-order valence-electron chi connectivity index (χ1n) is 9.38. The molecule has 9 nitrogen and oxygen atoms in total. The summed E-state index contributed by atoms with van der Waals surface area (Å²) >= 11 is 0. The fourth-order valence-corrected chi connectivity index (χ4v) is 3.45. The van der Waals surface area contributed by atoms with Crippen LogP contribution in [-0.4, -0.2) is 51.3 Å². The van der Waals surface area contributed by atoms with Crippen molar-refractivity contribution >= 4 is 5.91 Å². The largest absolute Gasteiger partial charge is 0.486 e. The standard InChI is InChI=1S/C20H19N5O4/c26-20(15-9-21-3-4-22-15)24-8-14-11-25-16(10-23-19(25)12-29-14)13-1-2-17-18(7-13)28-6-5-27-17/h1-4,7,9-10,14H,5-6,8,11-12H2,(H,24,26)/t14-/m0/s1. The lowest BCUT2D eigenvalue weighted by Crippen LogP contribution is -2.39. The molecular weight excluding hydrogens is 374 g/mol. The predicted octanol–water partition coefficient (Wildman–Crippen LogP) is 1.44. The Bertz CT molecular complexity index is 1040. The lowest BCUT2D eigenvalue weighted by molar-refractivity contribution is 0.00371. The first kappa shape index (κ1) is 17.6. The normalized spacial score (nSPS) is 17.4. The van der Waals surface area contributed by atoms with Crippen LogP contribution in [0.1, 0.15) is 16.3 Å². The van der Waals surface area contributed by atoms with Gasteiger partial charge in [-0.05, 0) is 18.2 Å². The highest BCUT2D eigenvalue weighted by atomic mass is 16.6. The number of nitrogens with zero attached hydrogens (tertiary/aromatic N) is 4. The highest BCUT2D eigenvalue weighted by Crippen LogP contribution is 2.35. The molecule has 148 valence electrons. The Balaban J connectivity index is 1.31. The van der Waals surface area contributed by atoms with E-state index >= 15 is 0 Å². The van der Waals surface area contributed by atoms with Crippen molar-refractivity contribution in [2.24, 2.45) is 0 Å². The number of ether oxygens (including phenoxy) is 3. The third-order valence-corrected chi connectivity index (χ3v) is 4.90. The fourth-order valence-electron chi connectivity index (χ4n) is 3.45. The second kappa shape index (κ2) is 7.51. The van der Waals surface area contributed by atoms with E-state index in [-0.39, 0.29) is 17.7 Å². The Morgan fingerprint density at radius 2 is 2.03 bits per heavy atom. The van der Waals surface area contributed by atoms with E-state index < -0.39 is 0 Å². The van der Waals surface area contributed by atoms with Crippen molar-refractivity contribution in [3.63, 3.8) is 0 Å². The number of carbonyl (C=O) groups is 1. The van der Waals surface area contributed by atoms with Gasteiger partial charge in [0.25, 0.3) is 5.91 Å². The number of carbonyl (C=O) groups excluding carboxylic acids is 1. The molecule has 0 saturated carbocycles. The Morgan fingerprint density at radius 1 is 1.14 bits per heavy atom. The number of rotatable bonds is 4. The van der Waals surface area contributed by atoms with Gasteiger partial charge in [-0.3, -0.25) is 9.78 Å². The van der Waals surface area contributed by atoms with Gasteiger partial charge in [0.1, 0.15) is 31.3 Å². The molecule has 1 atom stereocenters. The zero-order valence-electron chi connectivity index (χ0n) is 15.6. The van der Waals surface area contributed by atoms with Crippen LogP contribution in [-0.2, 0) is 17.9 Å². The first-order chi connectivity index (χ1) is 14.3. The average Bonchev–Trinajstić information content (AvgIpc) is 3.21. The maximum absolute atomic E-state index is 12.2. The van der Waals surface area contributed by atoms with Crippen molar-refractivity contribution in [3.05, 3.63) is 54.5 Å². The number of imidazole rings is 1. The first-order valence-corrected chi connectivity index (χ1v) is 9.38. The van der Waals surface area contributed by atoms with E-state index in [4.69, 9.17) is 14.2 Å². The van der Waals surface area contributed by atoms with Crippen molar-refractivity contribution in [1.29, 1.82) is 0 Å². The Hall–Kier alpha value is -3.46. The van der Waals surface area contributed by atoms with Crippen molar-refractivity contribution in [3.8, 4) is 22.8 Å². The molecule has 2 aliphatic rings. The monoisotopic (exact) mass is 393 g/mol. The molecule has 5 rings (SSSR count). The van der Waals surface area contributed by atoms with Gasteiger partial charge in [-0.25, -0.2) is 9.97 Å². The van der Waals surface area contributed by atoms with Crippen LogP contribution in [0.3, 0.4) is 0 Å². The highest BCUT2D eigenvalue weighted by molar-refractivity contribution is 5.91. The molecule has 0 radical (unpaired) electrons. The summed E-state index contributed by atoms with van der Waals surface area (Å²) in [4.78, 5) is 24.6. The molecule has 0 unspecified atom stereocenters. The van der Waals surface area contributed by atoms with Crippen LogP contribution in [0.2, 0.25) is 0 Å². The number of aromatic nitrogens is 4. The minimum absolute atomic E-state index is 0.173. The summed E-state index contributed by atoms with van der Waals surface area (Å²) in [5.74, 6) is 2.08. The molecule has 2 aliphatic heterocycles. The molecule has 1 aromatic carbocycles. The molecule has 1 N–H and O–H groups in total. The Morgan fingerprint density at radius 3 is 2.90 bits per heavy atom. The number of benzene rings is 1. The molecular formula is C20H19N5O4. The van der Waals surface area contributed by atoms with Crippen LogP contribution >= 0.6 is 0 Å². The van der Waals surface area contributed by atoms with Crippen LogP contribution in [0.4, 0.5) is 0 Å². The maximum Gasteiger partial charge on any atom is 0.271 e. The quantitative estimate of drug-likeness (QED) is 0.716. The molecule has 3 aromatic rings. The van der Waals surface area contributed by atoms with E-state index in [9.17, 15) is 4.79 Å². The summed E-state index contributed by atoms with van der Waals surface area (Å²) in [6.07, 6.45) is 6.12. The van der Waals surface area contributed by atoms with Crippen molar-refractivity contribution in [2.75, 3.05) is 19.8 Å². The number of amides is 1. The lowest BCUT2D eigenvalue weighted by atomic mass is 10.1. The SMILES string of the molecule is O=C(NC[C@H]1Cn2c(-c3ccc4c(c3)OCCO4)cnc2CO1)c1cnccn1. The van der Waals surface area contributed by atoms with Gasteiger partial charge in [0.05, 0.1) is 30.7 Å². The summed E-state index contributed by atoms with van der Waals surface area (Å²) in [5, 5.41) is 2.86. The number of hydrogen-bond acceptors (Lipinski definition) is 7. The molecule has 0 aliphatic carbocycles. The fraction of sp³-hybridized carbons (Fsp3) is 0.300. The minimum Gasteiger partial charge on any atom is -0.486 e. The molecule has 29 heavy (non-hydrogen) atoms. The zero-order valence-corrected chi connectivity index (χ0v) is 15.6. The van der Waals surface area contributed by atoms with Crippen LogP contribution in [0.25, 0.3) is 11.3 Å². The van der Waals surface area contributed by atoms with Gasteiger partial charge >= 0.3 is 0 Å². The Kier molecular flexibility index (Phi) is 4.57. The molecule has 1 amide bonds. The van der Waals surface area contributed by atoms with E-state index in [0.717, 1.165) is 28.6 Å². The number of nitrogens with one attached hydrogen (secondary N) is 1. The summed E-state index contributed by atoms with van der Waals surface area (Å²) < 4.78 is 19.3. The van der Waals surface area contributed by atoms with E-state index in [0.29, 0.717) is 32.9 Å². The third kappa shape index (κ3) is 3.52. The van der Waals surface area contributed by atoms with Crippen LogP contribution in [0, 0.1) is 0 Å². The maximum atomic E-state index is 12.2. The Labute approximate surface area is 166 Å². The number of fused-ring (bicyclic) bond motifs is 2. The van der Waals surface area contributed by atoms with Crippen LogP contribution < -0.4 is 14.8 Å². The summed E-state index contributed by atoms with van der Waals surface area (Å²) in [5.41, 5.74) is 2.26. The molecule has 2 aromatic heterocycles. The van der Waals surface area contributed by atoms with Gasteiger partial charge in [-0.2, -0.15) is 0 Å². The van der Waals surface area contributed by atoms with E-state index in [1.165, 1.54) is 18.6 Å². The predicted molar refractivity (Wildman–Crippen MR) is 102 cm³/mol. The smallest absolute Gasteiger partial charge is 0.271 e. The van der Waals surface area contributed by atoms with Crippen molar-refractivity contribution < 1.29 is 19.0 Å². The molecule has 0 fully saturated rings. The van der Waals surface area contributed by atoms with E-state index in [2.05, 4.69) is 24.8 Å². The zero-order chi connectivity index (χ0) is 19.6. The number of hydrogen-bond donors (Lipinski definition) is 1. The van der Waals surface area contributed by atoms with Crippen LogP contribution in [0.5, 0.6) is 11.5 Å². The molecule has 9 heteroatoms. The molecule has 4 heterocycles. The molecule has 0 spiro atoms. The lowest BCUT2D eigenvalue weighted by Gasteiger charge is -2.26. The van der Waals surface area contributed by atoms with Crippen molar-refractivity contribution in [1.82, 2.24) is 24.8 Å². The summed E-state index contributed by atoms with van der Waals surface area (Å²) in [7, 11) is 0.